The van der Waals surface area contributed by atoms with Crippen LogP contribution < -0.4 is 5.32 Å². The van der Waals surface area contributed by atoms with Gasteiger partial charge in [0, 0.05) is 26.1 Å². The second-order valence-electron chi connectivity index (χ2n) is 4.02. The molecule has 86 valence electrons. The van der Waals surface area contributed by atoms with Gasteiger partial charge in [0.25, 0.3) is 0 Å². The summed E-state index contributed by atoms with van der Waals surface area (Å²) in [6.45, 7) is 4.12. The second-order valence-corrected chi connectivity index (χ2v) is 4.02. The minimum atomic E-state index is 0.438. The van der Waals surface area contributed by atoms with Crippen LogP contribution in [0.15, 0.2) is 6.33 Å². The van der Waals surface area contributed by atoms with Crippen LogP contribution in [0.3, 0.4) is 0 Å². The first kappa shape index (κ1) is 12.1. The van der Waals surface area contributed by atoms with Gasteiger partial charge in [-0.25, -0.2) is 4.98 Å². The van der Waals surface area contributed by atoms with Gasteiger partial charge in [-0.05, 0) is 20.6 Å². The summed E-state index contributed by atoms with van der Waals surface area (Å²) in [5.74, 6) is 1.03. The zero-order valence-electron chi connectivity index (χ0n) is 10.1. The molecule has 1 aromatic rings. The lowest BCUT2D eigenvalue weighted by molar-refractivity contribution is 0.334. The summed E-state index contributed by atoms with van der Waals surface area (Å²) in [7, 11) is 6.10. The second kappa shape index (κ2) is 5.82. The van der Waals surface area contributed by atoms with Crippen LogP contribution in [-0.2, 0) is 13.5 Å². The zero-order chi connectivity index (χ0) is 11.3. The van der Waals surface area contributed by atoms with E-state index in [0.29, 0.717) is 6.04 Å². The lowest BCUT2D eigenvalue weighted by atomic mass is 10.2. The van der Waals surface area contributed by atoms with Crippen molar-refractivity contribution in [3.05, 3.63) is 12.2 Å². The van der Waals surface area contributed by atoms with Gasteiger partial charge in [-0.2, -0.15) is 5.10 Å². The molecule has 0 aromatic carbocycles. The number of nitrogens with zero attached hydrogens (tertiary/aromatic N) is 4. The Balaban J connectivity index is 2.54. The molecular formula is C10H21N5. The van der Waals surface area contributed by atoms with Gasteiger partial charge in [-0.3, -0.25) is 4.68 Å². The molecule has 1 atom stereocenters. The predicted octanol–water partition coefficient (Wildman–Crippen LogP) is -0.103. The normalized spacial score (nSPS) is 13.4. The molecule has 5 heteroatoms. The van der Waals surface area contributed by atoms with E-state index in [2.05, 4.69) is 41.3 Å². The highest BCUT2D eigenvalue weighted by molar-refractivity contribution is 4.89. The molecule has 1 N–H and O–H groups in total. The highest BCUT2D eigenvalue weighted by Crippen LogP contribution is 1.99. The quantitative estimate of drug-likeness (QED) is 0.713. The molecule has 0 amide bonds. The van der Waals surface area contributed by atoms with Crippen molar-refractivity contribution in [1.82, 2.24) is 25.0 Å². The zero-order valence-corrected chi connectivity index (χ0v) is 10.1. The monoisotopic (exact) mass is 211 g/mol. The van der Waals surface area contributed by atoms with Gasteiger partial charge in [0.2, 0.25) is 0 Å². The number of rotatable bonds is 6. The smallest absolute Gasteiger partial charge is 0.138 e. The lowest BCUT2D eigenvalue weighted by Crippen LogP contribution is -2.40. The molecule has 5 nitrogen and oxygen atoms in total. The summed E-state index contributed by atoms with van der Waals surface area (Å²) < 4.78 is 1.83. The maximum absolute atomic E-state index is 4.24. The van der Waals surface area contributed by atoms with E-state index in [4.69, 9.17) is 0 Å². The van der Waals surface area contributed by atoms with E-state index < -0.39 is 0 Å². The molecular weight excluding hydrogens is 190 g/mol. The largest absolute Gasteiger partial charge is 0.313 e. The Bertz CT molecular complexity index is 281. The van der Waals surface area contributed by atoms with Crippen LogP contribution in [-0.4, -0.2) is 52.9 Å². The van der Waals surface area contributed by atoms with Crippen LogP contribution in [0.2, 0.25) is 0 Å². The molecule has 0 spiro atoms. The van der Waals surface area contributed by atoms with Crippen LogP contribution in [0.1, 0.15) is 12.7 Å². The third-order valence-corrected chi connectivity index (χ3v) is 2.31. The number of hydrogen-bond donors (Lipinski definition) is 1. The van der Waals surface area contributed by atoms with E-state index in [1.807, 2.05) is 11.7 Å². The molecule has 1 heterocycles. The van der Waals surface area contributed by atoms with Crippen molar-refractivity contribution in [2.24, 2.45) is 7.05 Å². The minimum absolute atomic E-state index is 0.438. The van der Waals surface area contributed by atoms with Gasteiger partial charge < -0.3 is 10.2 Å². The van der Waals surface area contributed by atoms with Crippen molar-refractivity contribution < 1.29 is 0 Å². The Morgan fingerprint density at radius 2 is 2.27 bits per heavy atom. The fourth-order valence-corrected chi connectivity index (χ4v) is 1.66. The first-order valence-corrected chi connectivity index (χ1v) is 5.34. The maximum atomic E-state index is 4.24. The van der Waals surface area contributed by atoms with Crippen LogP contribution in [0, 0.1) is 0 Å². The average Bonchev–Trinajstić information content (AvgIpc) is 2.51. The van der Waals surface area contributed by atoms with Gasteiger partial charge in [0.05, 0.1) is 0 Å². The fourth-order valence-electron chi connectivity index (χ4n) is 1.66. The Morgan fingerprint density at radius 1 is 1.53 bits per heavy atom. The number of aryl methyl sites for hydroxylation is 1. The van der Waals surface area contributed by atoms with E-state index in [1.165, 1.54) is 0 Å². The molecule has 0 bridgehead atoms. The number of likely N-dealkylation sites (N-methyl/N-ethyl adjacent to an activating group) is 2. The van der Waals surface area contributed by atoms with Gasteiger partial charge in [0.15, 0.2) is 0 Å². The summed E-state index contributed by atoms with van der Waals surface area (Å²) in [4.78, 5) is 6.42. The van der Waals surface area contributed by atoms with E-state index in [1.54, 1.807) is 6.33 Å². The van der Waals surface area contributed by atoms with E-state index in [9.17, 15) is 0 Å². The molecule has 0 saturated heterocycles. The lowest BCUT2D eigenvalue weighted by Gasteiger charge is -2.21. The predicted molar refractivity (Wildman–Crippen MR) is 60.7 cm³/mol. The Morgan fingerprint density at radius 3 is 2.73 bits per heavy atom. The Kier molecular flexibility index (Phi) is 4.71. The standard InChI is InChI=1S/C10H21N5/c1-5-11-9(7-14(2)3)6-10-12-8-13-15(10)4/h8-9,11H,5-7H2,1-4H3. The van der Waals surface area contributed by atoms with Crippen molar-refractivity contribution in [3.8, 4) is 0 Å². The van der Waals surface area contributed by atoms with Crippen molar-refractivity contribution in [2.75, 3.05) is 27.2 Å². The minimum Gasteiger partial charge on any atom is -0.313 e. The number of nitrogens with one attached hydrogen (secondary N) is 1. The molecule has 1 rings (SSSR count). The van der Waals surface area contributed by atoms with Gasteiger partial charge in [-0.15, -0.1) is 0 Å². The molecule has 0 aliphatic rings. The molecule has 1 unspecified atom stereocenters. The van der Waals surface area contributed by atoms with E-state index in [-0.39, 0.29) is 0 Å². The first-order valence-electron chi connectivity index (χ1n) is 5.34. The molecule has 0 aliphatic carbocycles. The highest BCUT2D eigenvalue weighted by Gasteiger charge is 2.12. The summed E-state index contributed by atoms with van der Waals surface area (Å²) >= 11 is 0. The third-order valence-electron chi connectivity index (χ3n) is 2.31. The first-order chi connectivity index (χ1) is 7.13. The van der Waals surface area contributed by atoms with Crippen molar-refractivity contribution in [2.45, 2.75) is 19.4 Å². The number of aromatic nitrogens is 3. The van der Waals surface area contributed by atoms with E-state index >= 15 is 0 Å². The number of hydrogen-bond acceptors (Lipinski definition) is 4. The van der Waals surface area contributed by atoms with Gasteiger partial charge in [0.1, 0.15) is 12.2 Å². The topological polar surface area (TPSA) is 46.0 Å². The van der Waals surface area contributed by atoms with E-state index in [0.717, 1.165) is 25.3 Å². The third kappa shape index (κ3) is 3.97. The van der Waals surface area contributed by atoms with Gasteiger partial charge >= 0.3 is 0 Å². The van der Waals surface area contributed by atoms with Crippen LogP contribution in [0.5, 0.6) is 0 Å². The van der Waals surface area contributed by atoms with Crippen molar-refractivity contribution in [1.29, 1.82) is 0 Å². The summed E-state index contributed by atoms with van der Waals surface area (Å²) in [5.41, 5.74) is 0. The molecule has 0 radical (unpaired) electrons. The average molecular weight is 211 g/mol. The molecule has 0 fully saturated rings. The summed E-state index contributed by atoms with van der Waals surface area (Å²) in [6.07, 6.45) is 2.52. The molecule has 0 aliphatic heterocycles. The van der Waals surface area contributed by atoms with Crippen molar-refractivity contribution in [3.63, 3.8) is 0 Å². The fraction of sp³-hybridized carbons (Fsp3) is 0.800. The Labute approximate surface area is 91.5 Å². The molecule has 0 saturated carbocycles. The molecule has 1 aromatic heterocycles. The van der Waals surface area contributed by atoms with Gasteiger partial charge in [-0.1, -0.05) is 6.92 Å². The Hall–Kier alpha value is -0.940. The van der Waals surface area contributed by atoms with Crippen LogP contribution >= 0.6 is 0 Å². The highest BCUT2D eigenvalue weighted by atomic mass is 15.3. The van der Waals surface area contributed by atoms with Crippen LogP contribution in [0.25, 0.3) is 0 Å². The summed E-state index contributed by atoms with van der Waals surface area (Å²) in [6, 6.07) is 0.438. The summed E-state index contributed by atoms with van der Waals surface area (Å²) in [5, 5.41) is 7.53. The molecule has 15 heavy (non-hydrogen) atoms. The van der Waals surface area contributed by atoms with Crippen LogP contribution in [0.4, 0.5) is 0 Å². The maximum Gasteiger partial charge on any atom is 0.138 e. The SMILES string of the molecule is CCNC(Cc1ncnn1C)CN(C)C. The van der Waals surface area contributed by atoms with Crippen molar-refractivity contribution >= 4 is 0 Å².